The van der Waals surface area contributed by atoms with Crippen LogP contribution >= 0.6 is 0 Å². The predicted octanol–water partition coefficient (Wildman–Crippen LogP) is 2.44. The van der Waals surface area contributed by atoms with Gasteiger partial charge in [-0.25, -0.2) is 0 Å². The van der Waals surface area contributed by atoms with Crippen LogP contribution in [0.15, 0.2) is 18.2 Å². The summed E-state index contributed by atoms with van der Waals surface area (Å²) in [5.74, 6) is 1.52. The number of alkyl halides is 3. The molecule has 0 fully saturated rings. The Kier molecular flexibility index (Phi) is 3.79. The van der Waals surface area contributed by atoms with Crippen LogP contribution in [0.3, 0.4) is 0 Å². The van der Waals surface area contributed by atoms with Gasteiger partial charge in [-0.2, -0.15) is 13.2 Å². The maximum atomic E-state index is 12.5. The van der Waals surface area contributed by atoms with E-state index in [1.165, 1.54) is 6.07 Å². The highest BCUT2D eigenvalue weighted by Gasteiger charge is 2.31. The van der Waals surface area contributed by atoms with Crippen LogP contribution < -0.4 is 5.32 Å². The van der Waals surface area contributed by atoms with Crippen LogP contribution in [0.2, 0.25) is 0 Å². The summed E-state index contributed by atoms with van der Waals surface area (Å²) in [4.78, 5) is 11.4. The quantitative estimate of drug-likeness (QED) is 0.791. The Morgan fingerprint density at radius 3 is 2.53 bits per heavy atom. The van der Waals surface area contributed by atoms with Crippen molar-refractivity contribution in [1.29, 1.82) is 0 Å². The second-order valence-electron chi connectivity index (χ2n) is 3.30. The van der Waals surface area contributed by atoms with E-state index >= 15 is 0 Å². The van der Waals surface area contributed by atoms with Gasteiger partial charge in [-0.3, -0.25) is 4.79 Å². The third-order valence-corrected chi connectivity index (χ3v) is 2.03. The van der Waals surface area contributed by atoms with Gasteiger partial charge in [0.05, 0.1) is 5.56 Å². The highest BCUT2D eigenvalue weighted by Crippen LogP contribution is 2.30. The second kappa shape index (κ2) is 4.91. The van der Waals surface area contributed by atoms with Crippen LogP contribution in [0, 0.1) is 12.3 Å². The SMILES string of the molecule is C#Cc1cc(C(=O)NCC)cc(C(F)(F)F)c1. The van der Waals surface area contributed by atoms with Crippen LogP contribution in [0.1, 0.15) is 28.4 Å². The largest absolute Gasteiger partial charge is 0.416 e. The van der Waals surface area contributed by atoms with Crippen LogP contribution in [-0.2, 0) is 6.18 Å². The molecule has 0 radical (unpaired) electrons. The molecule has 1 amide bonds. The fourth-order valence-electron chi connectivity index (χ4n) is 1.27. The average Bonchev–Trinajstić information content (AvgIpc) is 2.27. The summed E-state index contributed by atoms with van der Waals surface area (Å²) in [5.41, 5.74) is -0.982. The molecule has 0 heterocycles. The smallest absolute Gasteiger partial charge is 0.352 e. The van der Waals surface area contributed by atoms with Gasteiger partial charge in [0, 0.05) is 17.7 Å². The van der Waals surface area contributed by atoms with Crippen molar-refractivity contribution >= 4 is 5.91 Å². The van der Waals surface area contributed by atoms with E-state index in [2.05, 4.69) is 11.2 Å². The van der Waals surface area contributed by atoms with Crippen molar-refractivity contribution in [3.8, 4) is 12.3 Å². The summed E-state index contributed by atoms with van der Waals surface area (Å²) in [6, 6.07) is 2.87. The fourth-order valence-corrected chi connectivity index (χ4v) is 1.27. The number of benzene rings is 1. The molecule has 0 unspecified atom stereocenters. The van der Waals surface area contributed by atoms with Gasteiger partial charge in [0.2, 0.25) is 0 Å². The molecule has 0 aliphatic carbocycles. The highest BCUT2D eigenvalue weighted by molar-refractivity contribution is 5.94. The molecule has 0 bridgehead atoms. The molecule has 2 nitrogen and oxygen atoms in total. The summed E-state index contributed by atoms with van der Waals surface area (Å²) < 4.78 is 37.6. The third-order valence-electron chi connectivity index (χ3n) is 2.03. The van der Waals surface area contributed by atoms with Gasteiger partial charge in [-0.1, -0.05) is 5.92 Å². The van der Waals surface area contributed by atoms with Gasteiger partial charge >= 0.3 is 6.18 Å². The Hall–Kier alpha value is -1.96. The van der Waals surface area contributed by atoms with Gasteiger partial charge in [0.25, 0.3) is 5.91 Å². The number of rotatable bonds is 2. The zero-order valence-electron chi connectivity index (χ0n) is 9.06. The Bertz CT molecular complexity index is 472. The van der Waals surface area contributed by atoms with Crippen molar-refractivity contribution < 1.29 is 18.0 Å². The van der Waals surface area contributed by atoms with E-state index < -0.39 is 17.6 Å². The number of carbonyl (C=O) groups is 1. The first-order valence-electron chi connectivity index (χ1n) is 4.85. The molecule has 0 aliphatic rings. The number of nitrogens with one attached hydrogen (secondary N) is 1. The van der Waals surface area contributed by atoms with Gasteiger partial charge in [-0.05, 0) is 25.1 Å². The van der Waals surface area contributed by atoms with Crippen LogP contribution in [0.5, 0.6) is 0 Å². The van der Waals surface area contributed by atoms with Gasteiger partial charge in [0.1, 0.15) is 0 Å². The van der Waals surface area contributed by atoms with E-state index in [0.29, 0.717) is 6.54 Å². The van der Waals surface area contributed by atoms with E-state index in [-0.39, 0.29) is 11.1 Å². The lowest BCUT2D eigenvalue weighted by molar-refractivity contribution is -0.137. The van der Waals surface area contributed by atoms with Crippen molar-refractivity contribution in [2.45, 2.75) is 13.1 Å². The molecule has 1 aromatic carbocycles. The zero-order chi connectivity index (χ0) is 13.1. The molecule has 90 valence electrons. The lowest BCUT2D eigenvalue weighted by atomic mass is 10.0. The van der Waals surface area contributed by atoms with E-state index in [1.807, 2.05) is 0 Å². The molecule has 17 heavy (non-hydrogen) atoms. The Morgan fingerprint density at radius 1 is 1.41 bits per heavy atom. The minimum Gasteiger partial charge on any atom is -0.352 e. The number of amides is 1. The molecule has 1 N–H and O–H groups in total. The molecule has 1 rings (SSSR count). The molecule has 0 atom stereocenters. The monoisotopic (exact) mass is 241 g/mol. The Balaban J connectivity index is 3.25. The molecule has 1 aromatic rings. The second-order valence-corrected chi connectivity index (χ2v) is 3.30. The van der Waals surface area contributed by atoms with E-state index in [0.717, 1.165) is 12.1 Å². The minimum absolute atomic E-state index is 0.0288. The Morgan fingerprint density at radius 2 is 2.06 bits per heavy atom. The molecular formula is C12H10F3NO. The van der Waals surface area contributed by atoms with E-state index in [9.17, 15) is 18.0 Å². The maximum Gasteiger partial charge on any atom is 0.416 e. The van der Waals surface area contributed by atoms with Crippen molar-refractivity contribution in [3.05, 3.63) is 34.9 Å². The lowest BCUT2D eigenvalue weighted by Crippen LogP contribution is -2.23. The zero-order valence-corrected chi connectivity index (χ0v) is 9.06. The molecule has 5 heteroatoms. The standard InChI is InChI=1S/C12H10F3NO/c1-3-8-5-9(11(17)16-4-2)7-10(6-8)12(13,14)15/h1,5-7H,4H2,2H3,(H,16,17). The summed E-state index contributed by atoms with van der Waals surface area (Å²) >= 11 is 0. The minimum atomic E-state index is -4.52. The van der Waals surface area contributed by atoms with Gasteiger partial charge in [0.15, 0.2) is 0 Å². The number of hydrogen-bond acceptors (Lipinski definition) is 1. The lowest BCUT2D eigenvalue weighted by Gasteiger charge is -2.10. The number of hydrogen-bond donors (Lipinski definition) is 1. The van der Waals surface area contributed by atoms with E-state index in [1.54, 1.807) is 6.92 Å². The third kappa shape index (κ3) is 3.25. The fraction of sp³-hybridized carbons (Fsp3) is 0.250. The van der Waals surface area contributed by atoms with Crippen LogP contribution in [-0.4, -0.2) is 12.5 Å². The van der Waals surface area contributed by atoms with Crippen LogP contribution in [0.25, 0.3) is 0 Å². The first-order chi connectivity index (χ1) is 7.88. The highest BCUT2D eigenvalue weighted by atomic mass is 19.4. The number of halogens is 3. The summed E-state index contributed by atoms with van der Waals surface area (Å²) in [7, 11) is 0. The average molecular weight is 241 g/mol. The van der Waals surface area contributed by atoms with Gasteiger partial charge < -0.3 is 5.32 Å². The molecule has 0 saturated heterocycles. The van der Waals surface area contributed by atoms with Crippen molar-refractivity contribution in [2.75, 3.05) is 6.54 Å². The van der Waals surface area contributed by atoms with Crippen molar-refractivity contribution in [1.82, 2.24) is 5.32 Å². The Labute approximate surface area is 96.8 Å². The summed E-state index contributed by atoms with van der Waals surface area (Å²) in [5, 5.41) is 2.42. The predicted molar refractivity (Wildman–Crippen MR) is 57.4 cm³/mol. The first kappa shape index (κ1) is 13.1. The van der Waals surface area contributed by atoms with Gasteiger partial charge in [-0.15, -0.1) is 6.42 Å². The summed E-state index contributed by atoms with van der Waals surface area (Å²) in [6.07, 6.45) is 0.536. The topological polar surface area (TPSA) is 29.1 Å². The molecule has 0 spiro atoms. The molecule has 0 aliphatic heterocycles. The first-order valence-corrected chi connectivity index (χ1v) is 4.85. The normalized spacial score (nSPS) is 10.8. The molecule has 0 saturated carbocycles. The van der Waals surface area contributed by atoms with Crippen molar-refractivity contribution in [2.24, 2.45) is 0 Å². The van der Waals surface area contributed by atoms with Crippen LogP contribution in [0.4, 0.5) is 13.2 Å². The maximum absolute atomic E-state index is 12.5. The molecular weight excluding hydrogens is 231 g/mol. The van der Waals surface area contributed by atoms with Crippen molar-refractivity contribution in [3.63, 3.8) is 0 Å². The van der Waals surface area contributed by atoms with E-state index in [4.69, 9.17) is 6.42 Å². The molecule has 0 aromatic heterocycles. The summed E-state index contributed by atoms with van der Waals surface area (Å²) in [6.45, 7) is 2.01. The number of terminal acetylenes is 1. The number of carbonyl (C=O) groups excluding carboxylic acids is 1.